The van der Waals surface area contributed by atoms with E-state index >= 15 is 22.0 Å². The van der Waals surface area contributed by atoms with Crippen molar-refractivity contribution in [2.75, 3.05) is 0 Å². The van der Waals surface area contributed by atoms with Crippen LogP contribution in [0, 0.1) is 41.2 Å². The molecule has 0 aliphatic heterocycles. The molecule has 1 N–H and O–H groups in total. The van der Waals surface area contributed by atoms with Crippen LogP contribution in [-0.4, -0.2) is 41.5 Å². The fourth-order valence-electron chi connectivity index (χ4n) is 23.0. The molecule has 684 valence electrons. The van der Waals surface area contributed by atoms with Gasteiger partial charge in [0.05, 0.1) is 128 Å². The summed E-state index contributed by atoms with van der Waals surface area (Å²) in [6, 6.07) is 139. The minimum Gasteiger partial charge on any atom is -0.354 e. The van der Waals surface area contributed by atoms with Crippen LogP contribution in [0.4, 0.5) is 35.1 Å². The molecule has 9 aromatic heterocycles. The maximum atomic E-state index is 18.0. The van der Waals surface area contributed by atoms with Gasteiger partial charge in [0.2, 0.25) is 0 Å². The molecule has 0 amide bonds. The Hall–Kier alpha value is -19.0. The number of nitrogens with zero attached hydrogens (tertiary/aromatic N) is 10. The van der Waals surface area contributed by atoms with Crippen LogP contribution < -0.4 is 0 Å². The van der Waals surface area contributed by atoms with E-state index in [4.69, 9.17) is 0 Å². The highest BCUT2D eigenvalue weighted by Crippen LogP contribution is 2.54. The second-order valence-electron chi connectivity index (χ2n) is 36.5. The molecule has 29 rings (SSSR count). The summed E-state index contributed by atoms with van der Waals surface area (Å²) in [7, 11) is 0. The van der Waals surface area contributed by atoms with E-state index in [-0.39, 0.29) is 22.6 Å². The summed E-state index contributed by atoms with van der Waals surface area (Å²) in [6.07, 6.45) is -8.98. The number of hydrogen-bond donors (Lipinski definition) is 1. The lowest BCUT2D eigenvalue weighted by molar-refractivity contribution is -0.138. The SMILES string of the molecule is Cc1ccc2c3ccccc3n(-c3c(-n4c5ccccc5c5ccccc54)c(C#N)c(-n4c5ccccc5c5ccccc54)c(-n4c5ccccc5c5ccc(C(F)(F)F)cc54)c3-n3c4ccccc4c4ccccc43)c2c1.FC(F)(F)c1ccc2c(c1)[nH]c1ccccc12.N#Cc1c(-n2c3ccccc3c3ccccc32)c(F)c(-n2c3ccccc3c3ccccc32)c(F)c1-n1c2ccccc2c2ccccc21. The molecule has 0 bridgehead atoms. The van der Waals surface area contributed by atoms with Crippen molar-refractivity contribution in [3.8, 4) is 57.6 Å². The summed E-state index contributed by atoms with van der Waals surface area (Å²) < 4.78 is 137. The van der Waals surface area contributed by atoms with E-state index in [9.17, 15) is 23.7 Å². The van der Waals surface area contributed by atoms with Gasteiger partial charge in [-0.25, -0.2) is 8.78 Å². The number of aromatic amines is 1. The normalized spacial score (nSPS) is 12.2. The van der Waals surface area contributed by atoms with E-state index in [0.717, 1.165) is 159 Å². The third kappa shape index (κ3) is 12.4. The summed E-state index contributed by atoms with van der Waals surface area (Å²) in [5, 5.41) is 40.4. The molecule has 0 fully saturated rings. The predicted octanol–water partition coefficient (Wildman–Crippen LogP) is 33.8. The summed E-state index contributed by atoms with van der Waals surface area (Å²) in [5.74, 6) is -1.65. The van der Waals surface area contributed by atoms with Gasteiger partial charge in [0.1, 0.15) is 40.3 Å². The fourth-order valence-corrected chi connectivity index (χ4v) is 23.0. The summed E-state index contributed by atoms with van der Waals surface area (Å²) >= 11 is 0. The van der Waals surface area contributed by atoms with Crippen LogP contribution >= 0.6 is 0 Å². The molecule has 0 radical (unpaired) electrons. The minimum absolute atomic E-state index is 0.00461. The number of aromatic nitrogens is 9. The summed E-state index contributed by atoms with van der Waals surface area (Å²) in [6.45, 7) is 2.09. The van der Waals surface area contributed by atoms with Crippen molar-refractivity contribution in [2.45, 2.75) is 19.3 Å². The van der Waals surface area contributed by atoms with Crippen molar-refractivity contribution in [3.63, 3.8) is 0 Å². The molecule has 0 aliphatic rings. The van der Waals surface area contributed by atoms with E-state index in [0.29, 0.717) is 89.0 Å². The minimum atomic E-state index is -4.68. The van der Waals surface area contributed by atoms with E-state index in [2.05, 4.69) is 170 Å². The number of benzene rings is 20. The van der Waals surface area contributed by atoms with Crippen molar-refractivity contribution < 1.29 is 35.1 Å². The number of rotatable bonds is 8. The average molecular weight is 1880 g/mol. The van der Waals surface area contributed by atoms with Gasteiger partial charge in [-0.15, -0.1) is 0 Å². The zero-order valence-electron chi connectivity index (χ0n) is 76.3. The number of alkyl halides is 6. The molecule has 0 saturated heterocycles. The Balaban J connectivity index is 0.000000132. The quantitative estimate of drug-likeness (QED) is 0.153. The Morgan fingerprint density at radius 2 is 0.389 bits per heavy atom. The Morgan fingerprint density at radius 3 is 0.674 bits per heavy atom. The van der Waals surface area contributed by atoms with Gasteiger partial charge in [-0.2, -0.15) is 36.9 Å². The molecule has 0 unspecified atom stereocenters. The van der Waals surface area contributed by atoms with Crippen LogP contribution in [0.3, 0.4) is 0 Å². The van der Waals surface area contributed by atoms with Crippen LogP contribution in [-0.2, 0) is 12.4 Å². The van der Waals surface area contributed by atoms with E-state index in [1.54, 1.807) is 19.8 Å². The zero-order chi connectivity index (χ0) is 97.0. The van der Waals surface area contributed by atoms with Gasteiger partial charge in [-0.3, -0.25) is 0 Å². The van der Waals surface area contributed by atoms with Crippen LogP contribution in [0.15, 0.2) is 419 Å². The largest absolute Gasteiger partial charge is 0.416 e. The molecule has 20 aromatic carbocycles. The Morgan fingerprint density at radius 1 is 0.194 bits per heavy atom. The standard InChI is InChI=1S/C69H41F3N6.C43H24F2N4.C13H8F3N/c1-41-34-36-51-49-24-8-16-32-60(49)77(62(51)38-41)66-64(74-54-26-10-2-18-43(54)44-19-3-11-27-55(44)74)53(40-73)65(75-56-28-12-4-20-45(56)46-21-5-13-29-57(46)75)67(68(66)76-58-30-14-6-22-47(58)48-23-7-15-31-59(48)76)78-61-33-17-9-25-50(61)52-37-35-42(39-63(52)78)69(70,71)72;44-39-41(47-33-19-7-1-13-26(33)27-14-2-8-20-34(27)47)32(25-46)42(48-35-21-9-3-15-28(35)29-16-4-10-22-36(29)48)40(45)43(39)49-37-23-11-5-17-30(37)31-18-6-12-24-38(31)49;14-13(15,16)8-5-6-10-9-3-1-2-4-11(9)17-12(10)7-8/h2-39H,1H3;1-24H;1-7,17H. The third-order valence-electron chi connectivity index (χ3n) is 28.8. The average Bonchev–Trinajstić information content (AvgIpc) is 1.50. The van der Waals surface area contributed by atoms with Crippen molar-refractivity contribution in [2.24, 2.45) is 0 Å². The zero-order valence-corrected chi connectivity index (χ0v) is 76.3. The number of hydrogen-bond acceptors (Lipinski definition) is 2. The molecular weight excluding hydrogens is 1810 g/mol. The molecule has 0 saturated carbocycles. The number of H-pyrrole nitrogens is 1. The van der Waals surface area contributed by atoms with Crippen LogP contribution in [0.1, 0.15) is 27.8 Å². The lowest BCUT2D eigenvalue weighted by Gasteiger charge is -2.30. The Bertz CT molecular complexity index is 10200. The predicted molar refractivity (Wildman–Crippen MR) is 567 cm³/mol. The second-order valence-corrected chi connectivity index (χ2v) is 36.5. The van der Waals surface area contributed by atoms with Gasteiger partial charge in [0.15, 0.2) is 11.6 Å². The molecule has 0 atom stereocenters. The smallest absolute Gasteiger partial charge is 0.354 e. The Kier molecular flexibility index (Phi) is 18.8. The fraction of sp³-hybridized carbons (Fsp3) is 0.0240. The van der Waals surface area contributed by atoms with E-state index in [1.807, 2.05) is 259 Å². The van der Waals surface area contributed by atoms with Gasteiger partial charge in [-0.1, -0.05) is 297 Å². The number of nitrogens with one attached hydrogen (secondary N) is 1. The summed E-state index contributed by atoms with van der Waals surface area (Å²) in [4.78, 5) is 2.99. The number of fused-ring (bicyclic) bond motifs is 27. The molecule has 29 aromatic rings. The third-order valence-corrected chi connectivity index (χ3v) is 28.8. The van der Waals surface area contributed by atoms with Gasteiger partial charge < -0.3 is 41.5 Å². The van der Waals surface area contributed by atoms with Gasteiger partial charge in [0.25, 0.3) is 0 Å². The molecule has 11 nitrogen and oxygen atoms in total. The first kappa shape index (κ1) is 84.3. The molecule has 9 heterocycles. The first-order valence-electron chi connectivity index (χ1n) is 47.2. The maximum absolute atomic E-state index is 18.0. The molecular formula is C125H73F8N11. The molecule has 0 spiro atoms. The van der Waals surface area contributed by atoms with Gasteiger partial charge in [-0.05, 0) is 134 Å². The number of nitriles is 2. The van der Waals surface area contributed by atoms with Gasteiger partial charge >= 0.3 is 12.4 Å². The van der Waals surface area contributed by atoms with Crippen LogP contribution in [0.25, 0.3) is 242 Å². The number of halogens is 8. The Labute approximate surface area is 813 Å². The molecule has 144 heavy (non-hydrogen) atoms. The van der Waals surface area contributed by atoms with Crippen LogP contribution in [0.5, 0.6) is 0 Å². The second kappa shape index (κ2) is 32.0. The lowest BCUT2D eigenvalue weighted by atomic mass is 10.0. The van der Waals surface area contributed by atoms with E-state index in [1.165, 1.54) is 18.2 Å². The number of aryl methyl sites for hydroxylation is 1. The topological polar surface area (TPSA) is 103 Å². The number of para-hydroxylation sites is 15. The monoisotopic (exact) mass is 1880 g/mol. The van der Waals surface area contributed by atoms with Crippen molar-refractivity contribution in [1.82, 2.24) is 41.5 Å². The molecule has 0 aliphatic carbocycles. The molecule has 19 heteroatoms. The lowest BCUT2D eigenvalue weighted by Crippen LogP contribution is -2.19. The highest BCUT2D eigenvalue weighted by Gasteiger charge is 2.40. The van der Waals surface area contributed by atoms with Crippen molar-refractivity contribution >= 4 is 196 Å². The van der Waals surface area contributed by atoms with Crippen molar-refractivity contribution in [3.05, 3.63) is 458 Å². The first-order valence-corrected chi connectivity index (χ1v) is 47.2. The van der Waals surface area contributed by atoms with E-state index < -0.39 is 35.1 Å². The maximum Gasteiger partial charge on any atom is 0.416 e. The highest BCUT2D eigenvalue weighted by molar-refractivity contribution is 6.21. The summed E-state index contributed by atoms with van der Waals surface area (Å²) in [5.41, 5.74) is 16.1. The van der Waals surface area contributed by atoms with Crippen LogP contribution in [0.2, 0.25) is 0 Å². The highest BCUT2D eigenvalue weighted by atomic mass is 19.4. The van der Waals surface area contributed by atoms with Crippen molar-refractivity contribution in [1.29, 1.82) is 10.5 Å². The first-order chi connectivity index (χ1) is 70.5. The van der Waals surface area contributed by atoms with Gasteiger partial charge in [0, 0.05) is 108 Å².